The number of hydrogen-bond donors (Lipinski definition) is 1. The Hall–Kier alpha value is -0.340. The van der Waals surface area contributed by atoms with Gasteiger partial charge in [0.1, 0.15) is 0 Å². The largest absolute Gasteiger partial charge is 0.313 e. The molecule has 0 aliphatic rings. The fraction of sp³-hybridized carbons (Fsp3) is 0.538. The third-order valence-corrected chi connectivity index (χ3v) is 3.59. The first-order valence-corrected chi connectivity index (χ1v) is 6.44. The fourth-order valence-corrected chi connectivity index (χ4v) is 2.37. The summed E-state index contributed by atoms with van der Waals surface area (Å²) < 4.78 is 1.14. The van der Waals surface area contributed by atoms with Crippen molar-refractivity contribution in [2.24, 2.45) is 5.92 Å². The fourth-order valence-electron chi connectivity index (χ4n) is 2.10. The summed E-state index contributed by atoms with van der Waals surface area (Å²) in [7, 11) is 2.05. The van der Waals surface area contributed by atoms with Crippen molar-refractivity contribution in [3.8, 4) is 0 Å². The lowest BCUT2D eigenvalue weighted by Crippen LogP contribution is -2.24. The van der Waals surface area contributed by atoms with E-state index < -0.39 is 0 Å². The number of benzene rings is 1. The van der Waals surface area contributed by atoms with Gasteiger partial charge in [0.25, 0.3) is 0 Å². The van der Waals surface area contributed by atoms with Crippen LogP contribution in [0.4, 0.5) is 0 Å². The maximum atomic E-state index is 3.47. The molecule has 15 heavy (non-hydrogen) atoms. The van der Waals surface area contributed by atoms with Crippen molar-refractivity contribution in [2.75, 3.05) is 7.05 Å². The Balaban J connectivity index is 2.86. The summed E-state index contributed by atoms with van der Waals surface area (Å²) in [6, 6.07) is 9.10. The Kier molecular flexibility index (Phi) is 5.34. The van der Waals surface area contributed by atoms with Gasteiger partial charge in [0, 0.05) is 10.5 Å². The summed E-state index contributed by atoms with van der Waals surface area (Å²) in [5.74, 6) is 0.719. The lowest BCUT2D eigenvalue weighted by molar-refractivity contribution is 0.359. The average molecular weight is 270 g/mol. The van der Waals surface area contributed by atoms with Crippen LogP contribution in [0.2, 0.25) is 0 Å². The summed E-state index contributed by atoms with van der Waals surface area (Å²) in [6.45, 7) is 4.52. The van der Waals surface area contributed by atoms with Crippen LogP contribution >= 0.6 is 15.9 Å². The zero-order chi connectivity index (χ0) is 11.3. The van der Waals surface area contributed by atoms with Gasteiger partial charge in [0.15, 0.2) is 0 Å². The van der Waals surface area contributed by atoms with Crippen LogP contribution < -0.4 is 5.32 Å². The molecule has 0 aliphatic heterocycles. The second-order valence-electron chi connectivity index (χ2n) is 3.89. The van der Waals surface area contributed by atoms with E-state index in [4.69, 9.17) is 0 Å². The molecule has 1 aromatic carbocycles. The van der Waals surface area contributed by atoms with Crippen molar-refractivity contribution in [1.29, 1.82) is 0 Å². The first kappa shape index (κ1) is 12.7. The van der Waals surface area contributed by atoms with Gasteiger partial charge in [-0.1, -0.05) is 54.8 Å². The summed E-state index contributed by atoms with van der Waals surface area (Å²) >= 11 is 3.47. The number of halogens is 1. The standard InChI is InChI=1S/C13H20BrN/c1-4-10(5-2)13(15-3)11-6-8-12(14)9-7-11/h6-10,13,15H,4-5H2,1-3H3. The van der Waals surface area contributed by atoms with Gasteiger partial charge in [-0.05, 0) is 30.7 Å². The lowest BCUT2D eigenvalue weighted by atomic mass is 9.89. The highest BCUT2D eigenvalue weighted by Gasteiger charge is 2.17. The molecular weight excluding hydrogens is 250 g/mol. The minimum Gasteiger partial charge on any atom is -0.313 e. The van der Waals surface area contributed by atoms with E-state index in [9.17, 15) is 0 Å². The summed E-state index contributed by atoms with van der Waals surface area (Å²) in [5.41, 5.74) is 1.38. The van der Waals surface area contributed by atoms with Crippen LogP contribution in [-0.4, -0.2) is 7.05 Å². The molecule has 0 aromatic heterocycles. The zero-order valence-electron chi connectivity index (χ0n) is 9.76. The van der Waals surface area contributed by atoms with Gasteiger partial charge in [-0.2, -0.15) is 0 Å². The van der Waals surface area contributed by atoms with Crippen LogP contribution in [0.15, 0.2) is 28.7 Å². The van der Waals surface area contributed by atoms with Crippen LogP contribution in [-0.2, 0) is 0 Å². The van der Waals surface area contributed by atoms with Crippen LogP contribution in [0.25, 0.3) is 0 Å². The predicted molar refractivity (Wildman–Crippen MR) is 70.0 cm³/mol. The second-order valence-corrected chi connectivity index (χ2v) is 4.81. The second kappa shape index (κ2) is 6.29. The van der Waals surface area contributed by atoms with E-state index in [0.717, 1.165) is 10.4 Å². The number of rotatable bonds is 5. The van der Waals surface area contributed by atoms with E-state index in [2.05, 4.69) is 59.4 Å². The minimum absolute atomic E-state index is 0.480. The van der Waals surface area contributed by atoms with Crippen molar-refractivity contribution in [3.05, 3.63) is 34.3 Å². The first-order chi connectivity index (χ1) is 7.22. The van der Waals surface area contributed by atoms with Crippen molar-refractivity contribution in [3.63, 3.8) is 0 Å². The molecule has 0 heterocycles. The minimum atomic E-state index is 0.480. The Bertz CT molecular complexity index is 277. The maximum absolute atomic E-state index is 3.47. The van der Waals surface area contributed by atoms with Crippen LogP contribution in [0.3, 0.4) is 0 Å². The Morgan fingerprint density at radius 1 is 1.13 bits per heavy atom. The van der Waals surface area contributed by atoms with E-state index >= 15 is 0 Å². The third-order valence-electron chi connectivity index (χ3n) is 3.06. The molecule has 1 N–H and O–H groups in total. The van der Waals surface area contributed by atoms with Crippen LogP contribution in [0.5, 0.6) is 0 Å². The normalized spacial score (nSPS) is 13.1. The Labute approximate surface area is 101 Å². The smallest absolute Gasteiger partial charge is 0.0345 e. The van der Waals surface area contributed by atoms with Gasteiger partial charge in [-0.3, -0.25) is 0 Å². The molecule has 0 saturated carbocycles. The molecule has 1 atom stereocenters. The Morgan fingerprint density at radius 2 is 1.67 bits per heavy atom. The molecule has 0 fully saturated rings. The van der Waals surface area contributed by atoms with Crippen LogP contribution in [0, 0.1) is 5.92 Å². The molecule has 0 bridgehead atoms. The van der Waals surface area contributed by atoms with Gasteiger partial charge < -0.3 is 5.32 Å². The van der Waals surface area contributed by atoms with E-state index in [0.29, 0.717) is 6.04 Å². The Morgan fingerprint density at radius 3 is 2.07 bits per heavy atom. The van der Waals surface area contributed by atoms with E-state index in [1.54, 1.807) is 0 Å². The van der Waals surface area contributed by atoms with Gasteiger partial charge in [-0.25, -0.2) is 0 Å². The number of nitrogens with one attached hydrogen (secondary N) is 1. The summed E-state index contributed by atoms with van der Waals surface area (Å²) in [5, 5.41) is 3.42. The molecule has 0 amide bonds. The lowest BCUT2D eigenvalue weighted by Gasteiger charge is -2.25. The highest BCUT2D eigenvalue weighted by atomic mass is 79.9. The van der Waals surface area contributed by atoms with Crippen LogP contribution in [0.1, 0.15) is 38.3 Å². The first-order valence-electron chi connectivity index (χ1n) is 5.65. The van der Waals surface area contributed by atoms with Gasteiger partial charge >= 0.3 is 0 Å². The number of hydrogen-bond acceptors (Lipinski definition) is 1. The van der Waals surface area contributed by atoms with Crippen molar-refractivity contribution < 1.29 is 0 Å². The van der Waals surface area contributed by atoms with E-state index in [1.165, 1.54) is 18.4 Å². The van der Waals surface area contributed by atoms with Gasteiger partial charge in [0.2, 0.25) is 0 Å². The summed E-state index contributed by atoms with van der Waals surface area (Å²) in [4.78, 5) is 0. The summed E-state index contributed by atoms with van der Waals surface area (Å²) in [6.07, 6.45) is 2.44. The molecule has 84 valence electrons. The molecule has 1 rings (SSSR count). The zero-order valence-corrected chi connectivity index (χ0v) is 11.3. The maximum Gasteiger partial charge on any atom is 0.0345 e. The molecule has 0 radical (unpaired) electrons. The average Bonchev–Trinajstić information content (AvgIpc) is 2.27. The molecule has 1 aromatic rings. The van der Waals surface area contributed by atoms with Crippen molar-refractivity contribution in [1.82, 2.24) is 5.32 Å². The molecule has 0 aliphatic carbocycles. The topological polar surface area (TPSA) is 12.0 Å². The molecule has 1 nitrogen and oxygen atoms in total. The highest BCUT2D eigenvalue weighted by molar-refractivity contribution is 9.10. The molecule has 1 unspecified atom stereocenters. The monoisotopic (exact) mass is 269 g/mol. The molecule has 0 spiro atoms. The van der Waals surface area contributed by atoms with Crippen molar-refractivity contribution >= 4 is 15.9 Å². The SMILES string of the molecule is CCC(CC)C(NC)c1ccc(Br)cc1. The highest BCUT2D eigenvalue weighted by Crippen LogP contribution is 2.27. The van der Waals surface area contributed by atoms with E-state index in [1.807, 2.05) is 7.05 Å². The van der Waals surface area contributed by atoms with E-state index in [-0.39, 0.29) is 0 Å². The quantitative estimate of drug-likeness (QED) is 0.847. The molecule has 0 saturated heterocycles. The van der Waals surface area contributed by atoms with Gasteiger partial charge in [0.05, 0.1) is 0 Å². The molecular formula is C13H20BrN. The van der Waals surface area contributed by atoms with Gasteiger partial charge in [-0.15, -0.1) is 0 Å². The van der Waals surface area contributed by atoms with Crippen molar-refractivity contribution in [2.45, 2.75) is 32.7 Å². The third kappa shape index (κ3) is 3.32. The molecule has 2 heteroatoms. The predicted octanol–water partition coefficient (Wildman–Crippen LogP) is 4.15.